The molecular weight excluding hydrogens is 920 g/mol. The fraction of sp³-hybridized carbons (Fsp3) is 0.655. The molecule has 3 aliphatic heterocycles. The molecule has 2 aromatic carbocycles. The standard InChI is InChI=1S/C25H44N4O4.C21H23FN4O2.C9H18O2.H2/c1-25(2,3)33-24(32)26-22(21-7-5-4-6-8-21)23(31)29-15-13-28(14-16-29)19-20-9-11-27(12-10-20)17-18-30;1-25-8-10-26(11-9-25)21(28)17-12-14(6-7-18(17)22)13-19(23)15-4-2-3-5-16(15)20(24)27;1-3-4-5-6-8(2)7-9(10)11;/h18,20-22H,4-17,19H2,1-3H3,(H,26,32);2-7,12,23H,8-11,13H2,1H3,(H2,24,27);8H,3-7H2,1-2H3,(H,10,11);1H. The number of benzene rings is 2. The molecule has 4 aliphatic rings. The highest BCUT2D eigenvalue weighted by atomic mass is 19.1. The molecular formula is C55H87FN8O8. The van der Waals surface area contributed by atoms with E-state index >= 15 is 0 Å². The van der Waals surface area contributed by atoms with Crippen LogP contribution in [0.25, 0.3) is 0 Å². The van der Waals surface area contributed by atoms with Crippen molar-refractivity contribution in [2.24, 2.45) is 23.5 Å². The Kier molecular flexibility index (Phi) is 24.8. The maximum absolute atomic E-state index is 14.3. The number of aldehydes is 1. The topological polar surface area (TPSA) is 210 Å². The lowest BCUT2D eigenvalue weighted by Crippen LogP contribution is -2.58. The molecule has 72 heavy (non-hydrogen) atoms. The van der Waals surface area contributed by atoms with Crippen LogP contribution < -0.4 is 11.1 Å². The highest BCUT2D eigenvalue weighted by molar-refractivity contribution is 6.09. The van der Waals surface area contributed by atoms with Crippen LogP contribution in [0.1, 0.15) is 145 Å². The van der Waals surface area contributed by atoms with Gasteiger partial charge in [-0.25, -0.2) is 9.18 Å². The number of unbranched alkanes of at least 4 members (excludes halogenated alkanes) is 2. The second kappa shape index (κ2) is 30.1. The number of carboxylic acid groups (broad SMARTS) is 1. The van der Waals surface area contributed by atoms with Crippen LogP contribution in [0.5, 0.6) is 0 Å². The summed E-state index contributed by atoms with van der Waals surface area (Å²) in [6.07, 6.45) is 13.3. The fourth-order valence-corrected chi connectivity index (χ4v) is 9.88. The summed E-state index contributed by atoms with van der Waals surface area (Å²) in [5, 5.41) is 19.7. The van der Waals surface area contributed by atoms with Gasteiger partial charge < -0.3 is 45.8 Å². The van der Waals surface area contributed by atoms with Gasteiger partial charge in [-0.1, -0.05) is 83.1 Å². The van der Waals surface area contributed by atoms with Gasteiger partial charge in [0, 0.05) is 90.0 Å². The zero-order valence-electron chi connectivity index (χ0n) is 44.1. The number of amides is 4. The number of primary amides is 1. The lowest BCUT2D eigenvalue weighted by atomic mass is 9.83. The molecule has 4 fully saturated rings. The molecule has 1 aliphatic carbocycles. The van der Waals surface area contributed by atoms with Crippen LogP contribution in [0.4, 0.5) is 9.18 Å². The summed E-state index contributed by atoms with van der Waals surface area (Å²) in [7, 11) is 1.98. The zero-order chi connectivity index (χ0) is 52.8. The first kappa shape index (κ1) is 59.3. The lowest BCUT2D eigenvalue weighted by molar-refractivity contribution is -0.138. The highest BCUT2D eigenvalue weighted by Gasteiger charge is 2.36. The third kappa shape index (κ3) is 20.3. The van der Waals surface area contributed by atoms with E-state index in [4.69, 9.17) is 21.0 Å². The van der Waals surface area contributed by atoms with Crippen molar-refractivity contribution in [3.8, 4) is 0 Å². The smallest absolute Gasteiger partial charge is 0.408 e. The number of aliphatic carboxylic acids is 1. The normalized spacial score (nSPS) is 18.3. The van der Waals surface area contributed by atoms with Crippen molar-refractivity contribution in [3.05, 3.63) is 70.5 Å². The Morgan fingerprint density at radius 2 is 1.49 bits per heavy atom. The monoisotopic (exact) mass is 1010 g/mol. The molecule has 0 bridgehead atoms. The summed E-state index contributed by atoms with van der Waals surface area (Å²) < 4.78 is 19.8. The molecule has 0 spiro atoms. The maximum Gasteiger partial charge on any atom is 0.408 e. The van der Waals surface area contributed by atoms with Gasteiger partial charge in [-0.2, -0.15) is 0 Å². The van der Waals surface area contributed by atoms with Crippen molar-refractivity contribution in [1.82, 2.24) is 29.8 Å². The summed E-state index contributed by atoms with van der Waals surface area (Å²) in [5.74, 6) is -0.936. The number of likely N-dealkylation sites (N-methyl/N-ethyl adjacent to an activating group) is 1. The van der Waals surface area contributed by atoms with Gasteiger partial charge in [0.2, 0.25) is 11.8 Å². The second-order valence-corrected chi connectivity index (χ2v) is 21.2. The van der Waals surface area contributed by atoms with Crippen molar-refractivity contribution in [2.75, 3.05) is 85.6 Å². The largest absolute Gasteiger partial charge is 0.481 e. The summed E-state index contributed by atoms with van der Waals surface area (Å²) in [6.45, 7) is 19.1. The summed E-state index contributed by atoms with van der Waals surface area (Å²) in [6, 6.07) is 10.4. The Morgan fingerprint density at radius 3 is 2.07 bits per heavy atom. The molecule has 3 saturated heterocycles. The predicted octanol–water partition coefficient (Wildman–Crippen LogP) is 7.36. The summed E-state index contributed by atoms with van der Waals surface area (Å²) in [4.78, 5) is 81.7. The first-order valence-corrected chi connectivity index (χ1v) is 26.4. The number of hydrogen-bond acceptors (Lipinski definition) is 11. The number of nitrogens with two attached hydrogens (primary N) is 1. The van der Waals surface area contributed by atoms with E-state index in [2.05, 4.69) is 26.9 Å². The molecule has 2 aromatic rings. The van der Waals surface area contributed by atoms with Gasteiger partial charge >= 0.3 is 12.1 Å². The minimum Gasteiger partial charge on any atom is -0.481 e. The summed E-state index contributed by atoms with van der Waals surface area (Å²) >= 11 is 0. The van der Waals surface area contributed by atoms with Gasteiger partial charge in [0.15, 0.2) is 0 Å². The number of likely N-dealkylation sites (tertiary alicyclic amines) is 1. The molecule has 16 nitrogen and oxygen atoms in total. The van der Waals surface area contributed by atoms with Crippen LogP contribution in [0.15, 0.2) is 42.5 Å². The number of ether oxygens (including phenoxy) is 1. The number of rotatable bonds is 18. The van der Waals surface area contributed by atoms with Crippen molar-refractivity contribution in [1.29, 1.82) is 5.41 Å². The van der Waals surface area contributed by atoms with E-state index in [-0.39, 0.29) is 42.4 Å². The van der Waals surface area contributed by atoms with Gasteiger partial charge in [-0.3, -0.25) is 29.0 Å². The number of piperidine rings is 1. The van der Waals surface area contributed by atoms with E-state index in [0.717, 1.165) is 97.0 Å². The van der Waals surface area contributed by atoms with Crippen LogP contribution in [-0.4, -0.2) is 169 Å². The number of nitrogens with one attached hydrogen (secondary N) is 2. The SMILES string of the molecule is CC(C)(C)OC(=O)NC(C(=O)N1CCN(CC2CCN(CC=O)CC2)CC1)C1CCCCC1.CCCCCC(C)CC(=O)O.CN1CCN(C(=O)c2cc(CC(=N)c3ccccc3C(N)=O)ccc2F)CC1.[HH]. The third-order valence-electron chi connectivity index (χ3n) is 14.1. The second-order valence-electron chi connectivity index (χ2n) is 21.2. The quantitative estimate of drug-likeness (QED) is 0.0659. The number of hydrogen-bond donors (Lipinski definition) is 4. The Morgan fingerprint density at radius 1 is 0.861 bits per heavy atom. The number of halogens is 1. The number of carboxylic acids is 1. The lowest BCUT2D eigenvalue weighted by Gasteiger charge is -2.40. The van der Waals surface area contributed by atoms with Gasteiger partial charge in [0.05, 0.1) is 12.1 Å². The molecule has 17 heteroatoms. The molecule has 5 N–H and O–H groups in total. The Bertz CT molecular complexity index is 2080. The molecule has 2 atom stereocenters. The first-order valence-electron chi connectivity index (χ1n) is 26.4. The average Bonchev–Trinajstić information content (AvgIpc) is 3.34. The average molecular weight is 1010 g/mol. The third-order valence-corrected chi connectivity index (χ3v) is 14.1. The Labute approximate surface area is 429 Å². The van der Waals surface area contributed by atoms with Gasteiger partial charge in [-0.15, -0.1) is 0 Å². The van der Waals surface area contributed by atoms with Crippen LogP contribution in [0, 0.1) is 29.0 Å². The van der Waals surface area contributed by atoms with Crippen molar-refractivity contribution >= 4 is 41.8 Å². The van der Waals surface area contributed by atoms with Crippen LogP contribution in [-0.2, 0) is 25.5 Å². The minimum absolute atomic E-state index is 0. The van der Waals surface area contributed by atoms with Crippen LogP contribution in [0.3, 0.4) is 0 Å². The van der Waals surface area contributed by atoms with Crippen molar-refractivity contribution in [3.63, 3.8) is 0 Å². The molecule has 0 radical (unpaired) electrons. The van der Waals surface area contributed by atoms with E-state index in [1.165, 1.54) is 37.8 Å². The van der Waals surface area contributed by atoms with E-state index < -0.39 is 35.4 Å². The van der Waals surface area contributed by atoms with E-state index in [1.54, 1.807) is 35.2 Å². The van der Waals surface area contributed by atoms with Gasteiger partial charge in [0.1, 0.15) is 23.7 Å². The molecule has 1 saturated carbocycles. The van der Waals surface area contributed by atoms with E-state index in [0.29, 0.717) is 62.1 Å². The number of carbonyl (C=O) groups excluding carboxylic acids is 5. The Hall–Kier alpha value is -5.26. The van der Waals surface area contributed by atoms with Crippen LogP contribution in [0.2, 0.25) is 0 Å². The van der Waals surface area contributed by atoms with E-state index in [1.807, 2.05) is 39.6 Å². The molecule has 0 aromatic heterocycles. The van der Waals surface area contributed by atoms with Crippen molar-refractivity contribution in [2.45, 2.75) is 130 Å². The highest BCUT2D eigenvalue weighted by Crippen LogP contribution is 2.29. The summed E-state index contributed by atoms with van der Waals surface area (Å²) in [5.41, 5.74) is 6.32. The van der Waals surface area contributed by atoms with Crippen molar-refractivity contribution < 1.29 is 44.4 Å². The Balaban J connectivity index is 0.000000319. The molecule has 2 unspecified atom stereocenters. The molecule has 3 heterocycles. The number of nitrogens with zero attached hydrogens (tertiary/aromatic N) is 5. The number of carbonyl (C=O) groups is 6. The molecule has 4 amide bonds. The molecule has 6 rings (SSSR count). The fourth-order valence-electron chi connectivity index (χ4n) is 9.88. The zero-order valence-corrected chi connectivity index (χ0v) is 44.1. The van der Waals surface area contributed by atoms with Gasteiger partial charge in [-0.05, 0) is 108 Å². The van der Waals surface area contributed by atoms with E-state index in [9.17, 15) is 33.2 Å². The van der Waals surface area contributed by atoms with Crippen LogP contribution >= 0.6 is 0 Å². The maximum atomic E-state index is 14.3. The number of alkyl carbamates (subject to hydrolysis) is 1. The number of piperazine rings is 2. The first-order chi connectivity index (χ1) is 34.3. The molecule has 402 valence electrons. The van der Waals surface area contributed by atoms with Gasteiger partial charge in [0.25, 0.3) is 5.91 Å². The minimum atomic E-state index is -0.672. The predicted molar refractivity (Wildman–Crippen MR) is 281 cm³/mol.